The third-order valence-corrected chi connectivity index (χ3v) is 4.95. The quantitative estimate of drug-likeness (QED) is 0.694. The molecule has 3 aromatic rings. The van der Waals surface area contributed by atoms with Crippen molar-refractivity contribution in [2.45, 2.75) is 33.2 Å². The maximum atomic E-state index is 12.8. The van der Waals surface area contributed by atoms with Gasteiger partial charge in [0.05, 0.1) is 19.0 Å². The first-order valence-corrected chi connectivity index (χ1v) is 9.42. The highest BCUT2D eigenvalue weighted by Gasteiger charge is 2.22. The lowest BCUT2D eigenvalue weighted by Crippen LogP contribution is -2.36. The van der Waals surface area contributed by atoms with E-state index in [2.05, 4.69) is 15.4 Å². The van der Waals surface area contributed by atoms with E-state index in [1.807, 2.05) is 39.0 Å². The summed E-state index contributed by atoms with van der Waals surface area (Å²) in [4.78, 5) is 29.5. The minimum atomic E-state index is -0.750. The predicted octanol–water partition coefficient (Wildman–Crippen LogP) is 3.52. The van der Waals surface area contributed by atoms with Crippen LogP contribution in [0.25, 0.3) is 11.3 Å². The molecule has 7 nitrogen and oxygen atoms in total. The molecular formula is C22H24N4O3. The predicted molar refractivity (Wildman–Crippen MR) is 112 cm³/mol. The molecule has 0 fully saturated rings. The number of aryl methyl sites for hydroxylation is 1. The van der Waals surface area contributed by atoms with Gasteiger partial charge in [-0.1, -0.05) is 19.1 Å². The van der Waals surface area contributed by atoms with Crippen LogP contribution in [0.15, 0.2) is 53.5 Å². The number of hydrogen-bond donors (Lipinski definition) is 1. The lowest BCUT2D eigenvalue weighted by Gasteiger charge is -2.18. The van der Waals surface area contributed by atoms with Crippen LogP contribution in [0.2, 0.25) is 0 Å². The van der Waals surface area contributed by atoms with Crippen LogP contribution in [0.1, 0.15) is 30.5 Å². The molecule has 150 valence electrons. The summed E-state index contributed by atoms with van der Waals surface area (Å²) < 4.78 is 6.27. The molecule has 1 aromatic heterocycles. The van der Waals surface area contributed by atoms with E-state index in [9.17, 15) is 9.59 Å². The first-order valence-electron chi connectivity index (χ1n) is 9.42. The van der Waals surface area contributed by atoms with E-state index in [1.165, 1.54) is 6.20 Å². The van der Waals surface area contributed by atoms with Crippen LogP contribution >= 0.6 is 0 Å². The number of hydrogen-bond acceptors (Lipinski definition) is 5. The molecule has 0 radical (unpaired) electrons. The van der Waals surface area contributed by atoms with Crippen molar-refractivity contribution in [3.63, 3.8) is 0 Å². The Hall–Kier alpha value is -3.48. The molecule has 0 aliphatic rings. The Labute approximate surface area is 169 Å². The van der Waals surface area contributed by atoms with Crippen molar-refractivity contribution in [2.24, 2.45) is 0 Å². The SMILES string of the molecule is CC[C@@H](C(=O)Nc1cccc(C)c1C)n1ncc(-c2ccc(OC)cc2)nc1=O. The molecule has 0 aliphatic carbocycles. The summed E-state index contributed by atoms with van der Waals surface area (Å²) in [5.41, 5.74) is 3.42. The van der Waals surface area contributed by atoms with Gasteiger partial charge < -0.3 is 10.1 Å². The van der Waals surface area contributed by atoms with Crippen molar-refractivity contribution in [1.29, 1.82) is 0 Å². The molecule has 3 rings (SSSR count). The summed E-state index contributed by atoms with van der Waals surface area (Å²) in [6.07, 6.45) is 1.91. The molecule has 0 unspecified atom stereocenters. The highest BCUT2D eigenvalue weighted by molar-refractivity contribution is 5.94. The first kappa shape index (κ1) is 20.3. The molecule has 0 saturated heterocycles. The highest BCUT2D eigenvalue weighted by Crippen LogP contribution is 2.21. The molecule has 1 N–H and O–H groups in total. The summed E-state index contributed by atoms with van der Waals surface area (Å²) in [5.74, 6) is 0.416. The number of ether oxygens (including phenoxy) is 1. The third kappa shape index (κ3) is 4.34. The Bertz CT molecular complexity index is 1070. The second-order valence-electron chi connectivity index (χ2n) is 6.76. The number of anilines is 1. The number of nitrogens with one attached hydrogen (secondary N) is 1. The van der Waals surface area contributed by atoms with Crippen LogP contribution in [0, 0.1) is 13.8 Å². The number of nitrogens with zero attached hydrogens (tertiary/aromatic N) is 3. The van der Waals surface area contributed by atoms with Crippen LogP contribution in [0.4, 0.5) is 5.69 Å². The number of rotatable bonds is 6. The molecule has 0 bridgehead atoms. The van der Waals surface area contributed by atoms with E-state index < -0.39 is 11.7 Å². The first-order chi connectivity index (χ1) is 13.9. The van der Waals surface area contributed by atoms with E-state index in [0.717, 1.165) is 27.1 Å². The second-order valence-corrected chi connectivity index (χ2v) is 6.76. The maximum absolute atomic E-state index is 12.8. The Morgan fingerprint density at radius 2 is 1.90 bits per heavy atom. The molecule has 0 spiro atoms. The zero-order valence-corrected chi connectivity index (χ0v) is 17.0. The second kappa shape index (κ2) is 8.68. The Morgan fingerprint density at radius 1 is 1.17 bits per heavy atom. The van der Waals surface area contributed by atoms with Gasteiger partial charge >= 0.3 is 5.69 Å². The molecule has 29 heavy (non-hydrogen) atoms. The number of methoxy groups -OCH3 is 1. The third-order valence-electron chi connectivity index (χ3n) is 4.95. The summed E-state index contributed by atoms with van der Waals surface area (Å²) in [5, 5.41) is 7.13. The molecule has 1 amide bonds. The molecule has 0 saturated carbocycles. The molecular weight excluding hydrogens is 368 g/mol. The summed E-state index contributed by atoms with van der Waals surface area (Å²) >= 11 is 0. The van der Waals surface area contributed by atoms with Crippen LogP contribution < -0.4 is 15.7 Å². The molecule has 7 heteroatoms. The van der Waals surface area contributed by atoms with Crippen LogP contribution in [0.3, 0.4) is 0 Å². The van der Waals surface area contributed by atoms with Crippen molar-refractivity contribution in [3.8, 4) is 17.0 Å². The fraction of sp³-hybridized carbons (Fsp3) is 0.273. The summed E-state index contributed by atoms with van der Waals surface area (Å²) in [7, 11) is 1.59. The van der Waals surface area contributed by atoms with Gasteiger partial charge in [0.1, 0.15) is 11.8 Å². The van der Waals surface area contributed by atoms with Crippen LogP contribution in [-0.2, 0) is 4.79 Å². The van der Waals surface area contributed by atoms with Gasteiger partial charge in [0.15, 0.2) is 0 Å². The topological polar surface area (TPSA) is 86.1 Å². The largest absolute Gasteiger partial charge is 0.497 e. The minimum Gasteiger partial charge on any atom is -0.497 e. The van der Waals surface area contributed by atoms with Crippen molar-refractivity contribution in [3.05, 3.63) is 70.3 Å². The van der Waals surface area contributed by atoms with E-state index in [4.69, 9.17) is 4.74 Å². The number of aromatic nitrogens is 3. The average Bonchev–Trinajstić information content (AvgIpc) is 2.73. The van der Waals surface area contributed by atoms with E-state index in [0.29, 0.717) is 17.9 Å². The zero-order chi connectivity index (χ0) is 21.0. The van der Waals surface area contributed by atoms with Gasteiger partial charge in [-0.05, 0) is 61.7 Å². The number of amides is 1. The van der Waals surface area contributed by atoms with E-state index in [1.54, 1.807) is 31.4 Å². The van der Waals surface area contributed by atoms with Gasteiger partial charge in [0.25, 0.3) is 0 Å². The minimum absolute atomic E-state index is 0.296. The number of carbonyl (C=O) groups is 1. The van der Waals surface area contributed by atoms with Gasteiger partial charge in [-0.2, -0.15) is 10.1 Å². The normalized spacial score (nSPS) is 11.7. The van der Waals surface area contributed by atoms with Crippen LogP contribution in [0.5, 0.6) is 5.75 Å². The van der Waals surface area contributed by atoms with Crippen molar-refractivity contribution in [2.75, 3.05) is 12.4 Å². The fourth-order valence-corrected chi connectivity index (χ4v) is 3.04. The number of carbonyl (C=O) groups excluding carboxylic acids is 1. The fourth-order valence-electron chi connectivity index (χ4n) is 3.04. The summed E-state index contributed by atoms with van der Waals surface area (Å²) in [6, 6.07) is 12.1. The lowest BCUT2D eigenvalue weighted by atomic mass is 10.1. The molecule has 1 atom stereocenters. The molecule has 1 heterocycles. The van der Waals surface area contributed by atoms with E-state index in [-0.39, 0.29) is 5.91 Å². The van der Waals surface area contributed by atoms with Crippen molar-refractivity contribution in [1.82, 2.24) is 14.8 Å². The van der Waals surface area contributed by atoms with Gasteiger partial charge in [0.2, 0.25) is 5.91 Å². The van der Waals surface area contributed by atoms with Crippen molar-refractivity contribution < 1.29 is 9.53 Å². The highest BCUT2D eigenvalue weighted by atomic mass is 16.5. The maximum Gasteiger partial charge on any atom is 0.365 e. The number of benzene rings is 2. The Kier molecular flexibility index (Phi) is 6.07. The van der Waals surface area contributed by atoms with Gasteiger partial charge in [-0.25, -0.2) is 9.48 Å². The summed E-state index contributed by atoms with van der Waals surface area (Å²) in [6.45, 7) is 5.76. The van der Waals surface area contributed by atoms with E-state index >= 15 is 0 Å². The average molecular weight is 392 g/mol. The van der Waals surface area contributed by atoms with Gasteiger partial charge in [-0.3, -0.25) is 4.79 Å². The monoisotopic (exact) mass is 392 g/mol. The Balaban J connectivity index is 1.86. The van der Waals surface area contributed by atoms with Crippen LogP contribution in [-0.4, -0.2) is 27.8 Å². The zero-order valence-electron chi connectivity index (χ0n) is 17.0. The van der Waals surface area contributed by atoms with Gasteiger partial charge in [-0.15, -0.1) is 0 Å². The van der Waals surface area contributed by atoms with Crippen molar-refractivity contribution >= 4 is 11.6 Å². The molecule has 0 aliphatic heterocycles. The Morgan fingerprint density at radius 3 is 2.52 bits per heavy atom. The molecule has 2 aromatic carbocycles. The van der Waals surface area contributed by atoms with Gasteiger partial charge in [0, 0.05) is 11.3 Å². The smallest absolute Gasteiger partial charge is 0.365 e. The standard InChI is InChI=1S/C22H24N4O3/c1-5-20(21(27)24-18-8-6-7-14(2)15(18)3)26-22(28)25-19(13-23-26)16-9-11-17(29-4)12-10-16/h6-13,20H,5H2,1-4H3,(H,24,27)/t20-/m0/s1. The lowest BCUT2D eigenvalue weighted by molar-refractivity contribution is -0.119.